The van der Waals surface area contributed by atoms with E-state index < -0.39 is 32.7 Å². The van der Waals surface area contributed by atoms with Crippen molar-refractivity contribution in [2.24, 2.45) is 0 Å². The summed E-state index contributed by atoms with van der Waals surface area (Å²) in [6.07, 6.45) is 5.24. The number of hydrogen-bond acceptors (Lipinski definition) is 5. The molecule has 6 nitrogen and oxygen atoms in total. The molecule has 1 aromatic heterocycles. The summed E-state index contributed by atoms with van der Waals surface area (Å²) in [6.45, 7) is 0.345. The Morgan fingerprint density at radius 3 is 2.58 bits per heavy atom. The molecule has 2 aromatic rings. The van der Waals surface area contributed by atoms with Crippen LogP contribution < -0.4 is 4.74 Å². The van der Waals surface area contributed by atoms with Gasteiger partial charge in [-0.15, -0.1) is 0 Å². The van der Waals surface area contributed by atoms with E-state index in [1.165, 1.54) is 22.9 Å². The zero-order valence-corrected chi connectivity index (χ0v) is 13.4. The van der Waals surface area contributed by atoms with E-state index in [0.29, 0.717) is 24.8 Å². The quantitative estimate of drug-likeness (QED) is 0.839. The van der Waals surface area contributed by atoms with E-state index in [0.717, 1.165) is 12.1 Å². The standard InChI is InChI=1S/C15H15F2N3O3S/c16-11-6-12(17)8-14(7-11)24(21,22)20-5-1-2-13(10-20)23-15-9-18-3-4-19-15/h3-4,6-9,13H,1-2,5,10H2. The van der Waals surface area contributed by atoms with E-state index >= 15 is 0 Å². The molecule has 1 atom stereocenters. The molecule has 1 aliphatic rings. The second-order valence-electron chi connectivity index (χ2n) is 5.39. The molecular formula is C15H15F2N3O3S. The molecule has 128 valence electrons. The van der Waals surface area contributed by atoms with Crippen molar-refractivity contribution in [1.82, 2.24) is 14.3 Å². The first kappa shape index (κ1) is 16.7. The van der Waals surface area contributed by atoms with E-state index in [4.69, 9.17) is 4.74 Å². The van der Waals surface area contributed by atoms with Crippen LogP contribution in [0.1, 0.15) is 12.8 Å². The average molecular weight is 355 g/mol. The molecule has 0 bridgehead atoms. The predicted octanol–water partition coefficient (Wildman–Crippen LogP) is 1.99. The molecular weight excluding hydrogens is 340 g/mol. The number of rotatable bonds is 4. The number of benzene rings is 1. The topological polar surface area (TPSA) is 72.4 Å². The summed E-state index contributed by atoms with van der Waals surface area (Å²) in [5, 5.41) is 0. The molecule has 0 radical (unpaired) electrons. The van der Waals surface area contributed by atoms with Crippen molar-refractivity contribution in [3.05, 3.63) is 48.4 Å². The van der Waals surface area contributed by atoms with Gasteiger partial charge in [-0.2, -0.15) is 4.31 Å². The number of piperidine rings is 1. The van der Waals surface area contributed by atoms with Crippen molar-refractivity contribution in [1.29, 1.82) is 0 Å². The minimum Gasteiger partial charge on any atom is -0.472 e. The zero-order chi connectivity index (χ0) is 17.2. The molecule has 0 aliphatic carbocycles. The average Bonchev–Trinajstić information content (AvgIpc) is 2.55. The lowest BCUT2D eigenvalue weighted by molar-refractivity contribution is 0.124. The second-order valence-corrected chi connectivity index (χ2v) is 7.33. The van der Waals surface area contributed by atoms with Gasteiger partial charge in [0.15, 0.2) is 0 Å². The highest BCUT2D eigenvalue weighted by Crippen LogP contribution is 2.24. The van der Waals surface area contributed by atoms with Gasteiger partial charge in [0.1, 0.15) is 17.7 Å². The maximum atomic E-state index is 13.3. The minimum atomic E-state index is -3.99. The number of sulfonamides is 1. The van der Waals surface area contributed by atoms with Gasteiger partial charge in [0, 0.05) is 25.0 Å². The summed E-state index contributed by atoms with van der Waals surface area (Å²) in [6, 6.07) is 2.26. The Balaban J connectivity index is 1.78. The van der Waals surface area contributed by atoms with Gasteiger partial charge >= 0.3 is 0 Å². The largest absolute Gasteiger partial charge is 0.472 e. The lowest BCUT2D eigenvalue weighted by Gasteiger charge is -2.31. The summed E-state index contributed by atoms with van der Waals surface area (Å²) in [4.78, 5) is 7.47. The Hall–Kier alpha value is -2.13. The van der Waals surface area contributed by atoms with Gasteiger partial charge in [-0.05, 0) is 25.0 Å². The zero-order valence-electron chi connectivity index (χ0n) is 12.6. The van der Waals surface area contributed by atoms with Crippen LogP contribution in [0.25, 0.3) is 0 Å². The Kier molecular flexibility index (Phi) is 4.72. The molecule has 1 fully saturated rings. The van der Waals surface area contributed by atoms with Crippen LogP contribution in [0, 0.1) is 11.6 Å². The molecule has 24 heavy (non-hydrogen) atoms. The van der Waals surface area contributed by atoms with Crippen molar-refractivity contribution < 1.29 is 21.9 Å². The number of hydrogen-bond donors (Lipinski definition) is 0. The molecule has 3 rings (SSSR count). The SMILES string of the molecule is O=S(=O)(c1cc(F)cc(F)c1)N1CCCC(Oc2cnccn2)C1. The van der Waals surface area contributed by atoms with Gasteiger partial charge < -0.3 is 4.74 Å². The normalized spacial score (nSPS) is 19.2. The summed E-state index contributed by atoms with van der Waals surface area (Å²) >= 11 is 0. The Morgan fingerprint density at radius 1 is 1.17 bits per heavy atom. The Bertz CT molecular complexity index is 798. The Labute approximate surface area is 138 Å². The van der Waals surface area contributed by atoms with Gasteiger partial charge in [-0.1, -0.05) is 0 Å². The van der Waals surface area contributed by atoms with E-state index in [1.54, 1.807) is 0 Å². The molecule has 0 amide bonds. The van der Waals surface area contributed by atoms with Crippen molar-refractivity contribution >= 4 is 10.0 Å². The van der Waals surface area contributed by atoms with Crippen LogP contribution in [0.2, 0.25) is 0 Å². The molecule has 0 spiro atoms. The van der Waals surface area contributed by atoms with Crippen LogP contribution in [0.3, 0.4) is 0 Å². The van der Waals surface area contributed by atoms with Crippen LogP contribution in [-0.4, -0.2) is 41.9 Å². The van der Waals surface area contributed by atoms with Gasteiger partial charge in [0.2, 0.25) is 15.9 Å². The van der Waals surface area contributed by atoms with Crippen LogP contribution in [0.15, 0.2) is 41.7 Å². The number of nitrogens with zero attached hydrogens (tertiary/aromatic N) is 3. The first-order valence-corrected chi connectivity index (χ1v) is 8.78. The third-order valence-corrected chi connectivity index (χ3v) is 5.48. The summed E-state index contributed by atoms with van der Waals surface area (Å²) in [5.41, 5.74) is 0. The fourth-order valence-corrected chi connectivity index (χ4v) is 4.12. The fourth-order valence-electron chi connectivity index (χ4n) is 2.56. The minimum absolute atomic E-state index is 0.0804. The van der Waals surface area contributed by atoms with Crippen LogP contribution in [-0.2, 0) is 10.0 Å². The maximum Gasteiger partial charge on any atom is 0.243 e. The third-order valence-electron chi connectivity index (χ3n) is 3.64. The molecule has 1 aliphatic heterocycles. The third kappa shape index (κ3) is 3.68. The van der Waals surface area contributed by atoms with Gasteiger partial charge in [0.25, 0.3) is 0 Å². The van der Waals surface area contributed by atoms with E-state index in [-0.39, 0.29) is 13.1 Å². The lowest BCUT2D eigenvalue weighted by Crippen LogP contribution is -2.44. The van der Waals surface area contributed by atoms with Crippen molar-refractivity contribution in [3.8, 4) is 5.88 Å². The lowest BCUT2D eigenvalue weighted by atomic mass is 10.1. The highest BCUT2D eigenvalue weighted by Gasteiger charge is 2.32. The molecule has 0 saturated carbocycles. The van der Waals surface area contributed by atoms with Crippen molar-refractivity contribution in [3.63, 3.8) is 0 Å². The van der Waals surface area contributed by atoms with Crippen molar-refractivity contribution in [2.45, 2.75) is 23.8 Å². The van der Waals surface area contributed by atoms with Crippen LogP contribution in [0.4, 0.5) is 8.78 Å². The molecule has 1 saturated heterocycles. The van der Waals surface area contributed by atoms with E-state index in [1.807, 2.05) is 0 Å². The number of halogens is 2. The first-order chi connectivity index (χ1) is 11.4. The summed E-state index contributed by atoms with van der Waals surface area (Å²) in [5.74, 6) is -1.56. The second kappa shape index (κ2) is 6.78. The monoisotopic (exact) mass is 355 g/mol. The fraction of sp³-hybridized carbons (Fsp3) is 0.333. The predicted molar refractivity (Wildman–Crippen MR) is 80.8 cm³/mol. The summed E-state index contributed by atoms with van der Waals surface area (Å²) < 4.78 is 58.7. The maximum absolute atomic E-state index is 13.3. The Morgan fingerprint density at radius 2 is 1.92 bits per heavy atom. The van der Waals surface area contributed by atoms with Gasteiger partial charge in [-0.25, -0.2) is 22.2 Å². The smallest absolute Gasteiger partial charge is 0.243 e. The van der Waals surface area contributed by atoms with E-state index in [2.05, 4.69) is 9.97 Å². The molecule has 9 heteroatoms. The molecule has 2 heterocycles. The molecule has 1 unspecified atom stereocenters. The number of ether oxygens (including phenoxy) is 1. The number of aromatic nitrogens is 2. The summed E-state index contributed by atoms with van der Waals surface area (Å²) in [7, 11) is -3.99. The van der Waals surface area contributed by atoms with Gasteiger partial charge in [-0.3, -0.25) is 4.98 Å². The first-order valence-electron chi connectivity index (χ1n) is 7.34. The van der Waals surface area contributed by atoms with Gasteiger partial charge in [0.05, 0.1) is 17.6 Å². The van der Waals surface area contributed by atoms with Crippen molar-refractivity contribution in [2.75, 3.05) is 13.1 Å². The van der Waals surface area contributed by atoms with Crippen LogP contribution >= 0.6 is 0 Å². The van der Waals surface area contributed by atoms with Crippen LogP contribution in [0.5, 0.6) is 5.88 Å². The molecule has 1 aromatic carbocycles. The molecule has 0 N–H and O–H groups in total. The van der Waals surface area contributed by atoms with E-state index in [9.17, 15) is 17.2 Å². The highest BCUT2D eigenvalue weighted by molar-refractivity contribution is 7.89. The highest BCUT2D eigenvalue weighted by atomic mass is 32.2.